The lowest BCUT2D eigenvalue weighted by Gasteiger charge is -2.15. The van der Waals surface area contributed by atoms with Crippen molar-refractivity contribution in [3.63, 3.8) is 0 Å². The van der Waals surface area contributed by atoms with Crippen LogP contribution in [0.1, 0.15) is 18.1 Å². The minimum atomic E-state index is -0.819. The van der Waals surface area contributed by atoms with Crippen molar-refractivity contribution in [1.82, 2.24) is 0 Å². The number of carbonyl (C=O) groups is 1. The summed E-state index contributed by atoms with van der Waals surface area (Å²) >= 11 is 6.35. The van der Waals surface area contributed by atoms with Crippen LogP contribution in [-0.4, -0.2) is 25.7 Å². The summed E-state index contributed by atoms with van der Waals surface area (Å²) in [6, 6.07) is 12.7. The van der Waals surface area contributed by atoms with Gasteiger partial charge in [-0.3, -0.25) is 4.79 Å². The first-order valence-corrected chi connectivity index (χ1v) is 9.70. The Morgan fingerprint density at radius 2 is 1.93 bits per heavy atom. The summed E-state index contributed by atoms with van der Waals surface area (Å²) in [5.74, 6) is 0.704. The summed E-state index contributed by atoms with van der Waals surface area (Å²) in [7, 11) is 0. The second-order valence-corrected chi connectivity index (χ2v) is 6.50. The van der Waals surface area contributed by atoms with E-state index in [1.165, 1.54) is 6.08 Å². The average Bonchev–Trinajstić information content (AvgIpc) is 2.72. The maximum Gasteiger partial charge on any atom is 0.259 e. The maximum atomic E-state index is 11.3. The molecule has 0 aliphatic heterocycles. The largest absolute Gasteiger partial charge is 0.490 e. The smallest absolute Gasteiger partial charge is 0.259 e. The normalized spacial score (nSPS) is 10.8. The molecule has 0 heterocycles. The average molecular weight is 427 g/mol. The van der Waals surface area contributed by atoms with Gasteiger partial charge in [-0.05, 0) is 48.7 Å². The van der Waals surface area contributed by atoms with Gasteiger partial charge in [0.05, 0.1) is 11.6 Å². The molecule has 30 heavy (non-hydrogen) atoms. The fourth-order valence-electron chi connectivity index (χ4n) is 2.66. The molecule has 0 saturated carbocycles. The van der Waals surface area contributed by atoms with Crippen molar-refractivity contribution < 1.29 is 19.0 Å². The molecule has 2 rings (SSSR count). The van der Waals surface area contributed by atoms with Crippen LogP contribution in [0, 0.1) is 11.3 Å². The summed E-state index contributed by atoms with van der Waals surface area (Å²) in [5.41, 5.74) is 6.54. The first-order chi connectivity index (χ1) is 14.5. The van der Waals surface area contributed by atoms with Crippen LogP contribution >= 0.6 is 11.6 Å². The van der Waals surface area contributed by atoms with Crippen LogP contribution in [0.15, 0.2) is 54.6 Å². The highest BCUT2D eigenvalue weighted by Gasteiger charge is 2.14. The highest BCUT2D eigenvalue weighted by Crippen LogP contribution is 2.37. The van der Waals surface area contributed by atoms with Crippen molar-refractivity contribution in [3.8, 4) is 23.3 Å². The Labute approximate surface area is 181 Å². The third-order valence-electron chi connectivity index (χ3n) is 3.95. The van der Waals surface area contributed by atoms with E-state index >= 15 is 0 Å². The van der Waals surface area contributed by atoms with Gasteiger partial charge in [0.25, 0.3) is 5.91 Å². The van der Waals surface area contributed by atoms with Gasteiger partial charge in [-0.15, -0.1) is 6.58 Å². The van der Waals surface area contributed by atoms with Crippen LogP contribution in [-0.2, 0) is 11.2 Å². The standard InChI is InChI=1S/C23H23ClN2O4/c1-3-7-17-8-5-6-9-20(17)29-10-11-30-22-19(24)13-16(14-21(22)28-4-2)12-18(15-25)23(26)27/h3,5-6,8-9,12-14H,1,4,7,10-11H2,2H3,(H2,26,27)/b18-12+. The van der Waals surface area contributed by atoms with Crippen LogP contribution in [0.5, 0.6) is 17.2 Å². The van der Waals surface area contributed by atoms with Gasteiger partial charge in [0, 0.05) is 0 Å². The molecule has 0 radical (unpaired) electrons. The number of nitriles is 1. The van der Waals surface area contributed by atoms with Crippen molar-refractivity contribution in [2.75, 3.05) is 19.8 Å². The molecule has 0 saturated heterocycles. The lowest BCUT2D eigenvalue weighted by Crippen LogP contribution is -2.12. The fourth-order valence-corrected chi connectivity index (χ4v) is 2.94. The van der Waals surface area contributed by atoms with Crippen LogP contribution in [0.3, 0.4) is 0 Å². The van der Waals surface area contributed by atoms with Crippen LogP contribution in [0.25, 0.3) is 6.08 Å². The molecular formula is C23H23ClN2O4. The first kappa shape index (κ1) is 22.9. The number of para-hydroxylation sites is 1. The molecule has 0 aromatic heterocycles. The number of halogens is 1. The third kappa shape index (κ3) is 6.29. The van der Waals surface area contributed by atoms with Gasteiger partial charge in [0.15, 0.2) is 11.5 Å². The summed E-state index contributed by atoms with van der Waals surface area (Å²) in [4.78, 5) is 11.3. The molecule has 156 valence electrons. The minimum Gasteiger partial charge on any atom is -0.490 e. The quantitative estimate of drug-likeness (QED) is 0.250. The number of amides is 1. The maximum absolute atomic E-state index is 11.3. The highest BCUT2D eigenvalue weighted by molar-refractivity contribution is 6.32. The number of primary amides is 1. The molecule has 6 nitrogen and oxygen atoms in total. The van der Waals surface area contributed by atoms with Crippen LogP contribution < -0.4 is 19.9 Å². The molecule has 0 aliphatic rings. The summed E-state index contributed by atoms with van der Waals surface area (Å²) < 4.78 is 17.2. The summed E-state index contributed by atoms with van der Waals surface area (Å²) in [6.45, 7) is 6.50. The summed E-state index contributed by atoms with van der Waals surface area (Å²) in [6.07, 6.45) is 3.88. The Morgan fingerprint density at radius 1 is 1.20 bits per heavy atom. The van der Waals surface area contributed by atoms with Gasteiger partial charge in [-0.2, -0.15) is 5.26 Å². The third-order valence-corrected chi connectivity index (χ3v) is 4.23. The molecule has 0 atom stereocenters. The monoisotopic (exact) mass is 426 g/mol. The molecule has 2 N–H and O–H groups in total. The van der Waals surface area contributed by atoms with Gasteiger partial charge < -0.3 is 19.9 Å². The molecular weight excluding hydrogens is 404 g/mol. The van der Waals surface area contributed by atoms with E-state index in [1.807, 2.05) is 37.3 Å². The van der Waals surface area contributed by atoms with Crippen molar-refractivity contribution >= 4 is 23.6 Å². The molecule has 0 spiro atoms. The molecule has 1 amide bonds. The Bertz CT molecular complexity index is 980. The number of carbonyl (C=O) groups excluding carboxylic acids is 1. The van der Waals surface area contributed by atoms with Gasteiger partial charge in [-0.1, -0.05) is 35.9 Å². The van der Waals surface area contributed by atoms with E-state index in [-0.39, 0.29) is 17.2 Å². The Hall–Kier alpha value is -3.43. The van der Waals surface area contributed by atoms with E-state index < -0.39 is 5.91 Å². The van der Waals surface area contributed by atoms with Crippen LogP contribution in [0.4, 0.5) is 0 Å². The second-order valence-electron chi connectivity index (χ2n) is 6.09. The number of ether oxygens (including phenoxy) is 3. The van der Waals surface area contributed by atoms with Crippen molar-refractivity contribution in [3.05, 3.63) is 70.8 Å². The number of hydrogen-bond donors (Lipinski definition) is 1. The van der Waals surface area contributed by atoms with E-state index in [9.17, 15) is 4.79 Å². The predicted octanol–water partition coefficient (Wildman–Crippen LogP) is 4.32. The van der Waals surface area contributed by atoms with E-state index in [0.29, 0.717) is 36.7 Å². The molecule has 0 bridgehead atoms. The highest BCUT2D eigenvalue weighted by atomic mass is 35.5. The first-order valence-electron chi connectivity index (χ1n) is 9.32. The Morgan fingerprint density at radius 3 is 2.60 bits per heavy atom. The van der Waals surface area contributed by atoms with E-state index in [1.54, 1.807) is 18.2 Å². The Kier molecular flexibility index (Phi) is 8.79. The SMILES string of the molecule is C=CCc1ccccc1OCCOc1c(Cl)cc(/C=C(\C#N)C(N)=O)cc1OCC. The molecule has 0 aliphatic carbocycles. The predicted molar refractivity (Wildman–Crippen MR) is 117 cm³/mol. The van der Waals surface area contributed by atoms with Gasteiger partial charge in [-0.25, -0.2) is 0 Å². The zero-order valence-electron chi connectivity index (χ0n) is 16.7. The molecule has 0 fully saturated rings. The number of benzene rings is 2. The fraction of sp³-hybridized carbons (Fsp3) is 0.217. The lowest BCUT2D eigenvalue weighted by atomic mass is 10.1. The van der Waals surface area contributed by atoms with Gasteiger partial charge in [0.2, 0.25) is 0 Å². The number of rotatable bonds is 11. The molecule has 0 unspecified atom stereocenters. The zero-order chi connectivity index (χ0) is 21.9. The van der Waals surface area contributed by atoms with Crippen molar-refractivity contribution in [1.29, 1.82) is 5.26 Å². The van der Waals surface area contributed by atoms with E-state index in [4.69, 9.17) is 36.8 Å². The topological polar surface area (TPSA) is 94.6 Å². The molecule has 2 aromatic rings. The van der Waals surface area contributed by atoms with Crippen molar-refractivity contribution in [2.24, 2.45) is 5.73 Å². The summed E-state index contributed by atoms with van der Waals surface area (Å²) in [5, 5.41) is 9.30. The van der Waals surface area contributed by atoms with Gasteiger partial charge in [0.1, 0.15) is 30.6 Å². The van der Waals surface area contributed by atoms with Crippen LogP contribution in [0.2, 0.25) is 5.02 Å². The number of nitrogens with zero attached hydrogens (tertiary/aromatic N) is 1. The Balaban J connectivity index is 2.13. The lowest BCUT2D eigenvalue weighted by molar-refractivity contribution is -0.114. The van der Waals surface area contributed by atoms with Crippen molar-refractivity contribution in [2.45, 2.75) is 13.3 Å². The van der Waals surface area contributed by atoms with E-state index in [2.05, 4.69) is 6.58 Å². The number of allylic oxidation sites excluding steroid dienone is 1. The number of nitrogens with two attached hydrogens (primary N) is 1. The molecule has 7 heteroatoms. The number of hydrogen-bond acceptors (Lipinski definition) is 5. The zero-order valence-corrected chi connectivity index (χ0v) is 17.4. The van der Waals surface area contributed by atoms with Gasteiger partial charge >= 0.3 is 0 Å². The molecule has 2 aromatic carbocycles. The van der Waals surface area contributed by atoms with E-state index in [0.717, 1.165) is 11.3 Å². The minimum absolute atomic E-state index is 0.186. The second kappa shape index (κ2) is 11.5.